The van der Waals surface area contributed by atoms with Gasteiger partial charge >= 0.3 is 0 Å². The van der Waals surface area contributed by atoms with Crippen molar-refractivity contribution in [3.63, 3.8) is 0 Å². The molecule has 0 spiro atoms. The first-order valence-electron chi connectivity index (χ1n) is 10.7. The molecular weight excluding hydrogens is 462 g/mol. The maximum absolute atomic E-state index is 9.80. The van der Waals surface area contributed by atoms with E-state index in [1.54, 1.807) is 27.5 Å². The van der Waals surface area contributed by atoms with E-state index >= 15 is 0 Å². The first-order chi connectivity index (χ1) is 17.1. The van der Waals surface area contributed by atoms with Crippen molar-refractivity contribution in [2.75, 3.05) is 26.6 Å². The minimum absolute atomic E-state index is 0.397. The minimum atomic E-state index is 0.397. The molecule has 3 aromatic carbocycles. The van der Waals surface area contributed by atoms with Gasteiger partial charge in [-0.25, -0.2) is 4.98 Å². The van der Waals surface area contributed by atoms with Gasteiger partial charge in [0.15, 0.2) is 11.5 Å². The number of anilines is 1. The molecule has 2 heterocycles. The third-order valence-electron chi connectivity index (χ3n) is 5.61. The van der Waals surface area contributed by atoms with Gasteiger partial charge in [-0.15, -0.1) is 11.3 Å². The second-order valence-electron chi connectivity index (χ2n) is 7.57. The fraction of sp³-hybridized carbons (Fsp3) is 0.111. The van der Waals surface area contributed by atoms with Crippen LogP contribution in [0.2, 0.25) is 0 Å². The van der Waals surface area contributed by atoms with Crippen LogP contribution in [0.4, 0.5) is 5.69 Å². The highest BCUT2D eigenvalue weighted by molar-refractivity contribution is 7.11. The number of fused-ring (bicyclic) bond motifs is 3. The number of para-hydroxylation sites is 1. The van der Waals surface area contributed by atoms with Crippen LogP contribution in [0.5, 0.6) is 17.2 Å². The molecule has 7 nitrogen and oxygen atoms in total. The first-order valence-corrected chi connectivity index (χ1v) is 11.6. The quantitative estimate of drug-likeness (QED) is 0.257. The molecule has 174 valence electrons. The average molecular weight is 484 g/mol. The zero-order valence-corrected chi connectivity index (χ0v) is 20.1. The molecule has 2 aromatic heterocycles. The van der Waals surface area contributed by atoms with Crippen LogP contribution >= 0.6 is 11.3 Å². The molecule has 1 N–H and O–H groups in total. The Labute approximate surface area is 205 Å². The SMILES string of the molecule is COc1cc2c(cc1NC=C(C#N)c1nc(-c3ccc(OC)c(OC)c3)cs1)oc1ccccc12. The zero-order chi connectivity index (χ0) is 24.4. The second kappa shape index (κ2) is 9.41. The number of nitriles is 1. The highest BCUT2D eigenvalue weighted by atomic mass is 32.1. The van der Waals surface area contributed by atoms with Gasteiger partial charge in [0.1, 0.15) is 33.6 Å². The third-order valence-corrected chi connectivity index (χ3v) is 6.48. The van der Waals surface area contributed by atoms with E-state index in [4.69, 9.17) is 18.6 Å². The maximum Gasteiger partial charge on any atom is 0.161 e. The van der Waals surface area contributed by atoms with Crippen LogP contribution in [0.3, 0.4) is 0 Å². The lowest BCUT2D eigenvalue weighted by atomic mass is 10.1. The molecule has 0 saturated carbocycles. The van der Waals surface area contributed by atoms with E-state index in [1.165, 1.54) is 11.3 Å². The fourth-order valence-electron chi connectivity index (χ4n) is 3.85. The van der Waals surface area contributed by atoms with E-state index in [0.29, 0.717) is 33.5 Å². The third kappa shape index (κ3) is 4.14. The molecule has 5 aromatic rings. The van der Waals surface area contributed by atoms with Crippen LogP contribution in [0.1, 0.15) is 5.01 Å². The topological polar surface area (TPSA) is 89.5 Å². The smallest absolute Gasteiger partial charge is 0.161 e. The molecule has 0 aliphatic rings. The number of nitrogens with one attached hydrogen (secondary N) is 1. The Hall–Kier alpha value is -4.48. The second-order valence-corrected chi connectivity index (χ2v) is 8.43. The van der Waals surface area contributed by atoms with Gasteiger partial charge in [0, 0.05) is 34.0 Å². The monoisotopic (exact) mass is 483 g/mol. The molecule has 35 heavy (non-hydrogen) atoms. The van der Waals surface area contributed by atoms with Crippen LogP contribution in [0.25, 0.3) is 38.8 Å². The number of furan rings is 1. The Bertz CT molecular complexity index is 1610. The molecule has 0 fully saturated rings. The number of methoxy groups -OCH3 is 3. The number of thiazole rings is 1. The Morgan fingerprint density at radius 2 is 1.74 bits per heavy atom. The molecule has 0 saturated heterocycles. The van der Waals surface area contributed by atoms with Crippen LogP contribution in [0, 0.1) is 11.3 Å². The average Bonchev–Trinajstić information content (AvgIpc) is 3.53. The van der Waals surface area contributed by atoms with Gasteiger partial charge in [-0.05, 0) is 30.3 Å². The molecule has 0 bridgehead atoms. The highest BCUT2D eigenvalue weighted by Crippen LogP contribution is 2.37. The van der Waals surface area contributed by atoms with E-state index in [0.717, 1.165) is 33.2 Å². The molecule has 5 rings (SSSR count). The zero-order valence-electron chi connectivity index (χ0n) is 19.3. The van der Waals surface area contributed by atoms with Crippen molar-refractivity contribution in [2.45, 2.75) is 0 Å². The lowest BCUT2D eigenvalue weighted by Crippen LogP contribution is -1.95. The summed E-state index contributed by atoms with van der Waals surface area (Å²) in [6.45, 7) is 0. The highest BCUT2D eigenvalue weighted by Gasteiger charge is 2.14. The number of hydrogen-bond donors (Lipinski definition) is 1. The lowest BCUT2D eigenvalue weighted by molar-refractivity contribution is 0.355. The van der Waals surface area contributed by atoms with Gasteiger partial charge in [0.2, 0.25) is 0 Å². The van der Waals surface area contributed by atoms with Crippen molar-refractivity contribution in [1.29, 1.82) is 5.26 Å². The summed E-state index contributed by atoms with van der Waals surface area (Å²) in [4.78, 5) is 4.66. The number of benzene rings is 3. The van der Waals surface area contributed by atoms with Crippen LogP contribution in [-0.4, -0.2) is 26.3 Å². The number of rotatable bonds is 7. The fourth-order valence-corrected chi connectivity index (χ4v) is 4.65. The summed E-state index contributed by atoms with van der Waals surface area (Å²) in [5.41, 5.74) is 4.23. The van der Waals surface area contributed by atoms with Gasteiger partial charge < -0.3 is 23.9 Å². The van der Waals surface area contributed by atoms with Crippen molar-refractivity contribution in [2.24, 2.45) is 0 Å². The molecule has 0 aliphatic heterocycles. The molecule has 0 aliphatic carbocycles. The van der Waals surface area contributed by atoms with Gasteiger partial charge in [-0.3, -0.25) is 0 Å². The Morgan fingerprint density at radius 1 is 0.943 bits per heavy atom. The number of nitrogens with zero attached hydrogens (tertiary/aromatic N) is 2. The number of aromatic nitrogens is 1. The standard InChI is InChI=1S/C27H21N3O4S/c1-31-23-9-8-16(10-26(23)33-3)21-15-35-27(30-21)17(13-28)14-29-20-12-24-19(11-25(20)32-2)18-6-4-5-7-22(18)34-24/h4-12,14-15,29H,1-3H3. The summed E-state index contributed by atoms with van der Waals surface area (Å²) in [5, 5.41) is 17.5. The predicted molar refractivity (Wildman–Crippen MR) is 138 cm³/mol. The molecule has 0 atom stereocenters. The molecule has 0 radical (unpaired) electrons. The van der Waals surface area contributed by atoms with Gasteiger partial charge in [0.05, 0.1) is 32.7 Å². The van der Waals surface area contributed by atoms with Crippen molar-refractivity contribution < 1.29 is 18.6 Å². The van der Waals surface area contributed by atoms with Gasteiger partial charge in [-0.1, -0.05) is 18.2 Å². The van der Waals surface area contributed by atoms with Crippen molar-refractivity contribution in [1.82, 2.24) is 4.98 Å². The molecule has 0 unspecified atom stereocenters. The van der Waals surface area contributed by atoms with E-state index in [-0.39, 0.29) is 0 Å². The van der Waals surface area contributed by atoms with Crippen LogP contribution in [-0.2, 0) is 0 Å². The van der Waals surface area contributed by atoms with Crippen molar-refractivity contribution >= 4 is 44.5 Å². The molecular formula is C27H21N3O4S. The molecule has 0 amide bonds. The van der Waals surface area contributed by atoms with Crippen LogP contribution in [0.15, 0.2) is 70.6 Å². The number of allylic oxidation sites excluding steroid dienone is 1. The normalized spacial score (nSPS) is 11.4. The van der Waals surface area contributed by atoms with Crippen molar-refractivity contribution in [3.05, 3.63) is 71.2 Å². The van der Waals surface area contributed by atoms with E-state index in [9.17, 15) is 5.26 Å². The first kappa shape index (κ1) is 22.3. The van der Waals surface area contributed by atoms with Crippen LogP contribution < -0.4 is 19.5 Å². The van der Waals surface area contributed by atoms with Crippen molar-refractivity contribution in [3.8, 4) is 34.6 Å². The summed E-state index contributed by atoms with van der Waals surface area (Å²) < 4.78 is 22.3. The predicted octanol–water partition coefficient (Wildman–Crippen LogP) is 6.71. The number of ether oxygens (including phenoxy) is 3. The van der Waals surface area contributed by atoms with E-state index < -0.39 is 0 Å². The maximum atomic E-state index is 9.80. The Balaban J connectivity index is 1.45. The summed E-state index contributed by atoms with van der Waals surface area (Å²) in [6, 6.07) is 19.5. The van der Waals surface area contributed by atoms with E-state index in [2.05, 4.69) is 16.4 Å². The minimum Gasteiger partial charge on any atom is -0.495 e. The number of hydrogen-bond acceptors (Lipinski definition) is 8. The summed E-state index contributed by atoms with van der Waals surface area (Å²) in [6.07, 6.45) is 1.63. The van der Waals surface area contributed by atoms with Gasteiger partial charge in [0.25, 0.3) is 0 Å². The van der Waals surface area contributed by atoms with Gasteiger partial charge in [-0.2, -0.15) is 5.26 Å². The molecule has 8 heteroatoms. The summed E-state index contributed by atoms with van der Waals surface area (Å²) in [7, 11) is 4.80. The Morgan fingerprint density at radius 3 is 2.51 bits per heavy atom. The lowest BCUT2D eigenvalue weighted by Gasteiger charge is -2.09. The summed E-state index contributed by atoms with van der Waals surface area (Å²) in [5.74, 6) is 1.90. The largest absolute Gasteiger partial charge is 0.495 e. The van der Waals surface area contributed by atoms with E-state index in [1.807, 2.05) is 60.0 Å². The Kier molecular flexibility index (Phi) is 6.00. The summed E-state index contributed by atoms with van der Waals surface area (Å²) >= 11 is 1.39.